The Labute approximate surface area is 184 Å². The fourth-order valence-corrected chi connectivity index (χ4v) is 3.85. The predicted octanol–water partition coefficient (Wildman–Crippen LogP) is 4.74. The van der Waals surface area contributed by atoms with Gasteiger partial charge in [0, 0.05) is 32.6 Å². The Balaban J connectivity index is 2.60. The molecule has 0 aromatic heterocycles. The minimum Gasteiger partial charge on any atom is -0.475 e. The number of hydrogen-bond acceptors (Lipinski definition) is 6. The van der Waals surface area contributed by atoms with E-state index < -0.39 is 23.7 Å². The molecule has 1 rings (SSSR count). The van der Waals surface area contributed by atoms with Crippen LogP contribution in [0, 0.1) is 11.8 Å². The first-order chi connectivity index (χ1) is 14.7. The van der Waals surface area contributed by atoms with E-state index in [1.165, 1.54) is 25.7 Å². The largest absolute Gasteiger partial charge is 0.475 e. The van der Waals surface area contributed by atoms with Crippen LogP contribution < -0.4 is 0 Å². The number of ether oxygens (including phenoxy) is 2. The number of carboxylic acid groups (broad SMARTS) is 1. The van der Waals surface area contributed by atoms with E-state index in [1.54, 1.807) is 6.08 Å². The summed E-state index contributed by atoms with van der Waals surface area (Å²) in [5, 5.41) is 9.44. The van der Waals surface area contributed by atoms with Crippen molar-refractivity contribution in [2.75, 3.05) is 0 Å². The van der Waals surface area contributed by atoms with Crippen molar-refractivity contribution in [3.8, 4) is 0 Å². The van der Waals surface area contributed by atoms with E-state index in [9.17, 15) is 24.3 Å². The van der Waals surface area contributed by atoms with Crippen molar-refractivity contribution in [2.45, 2.75) is 90.8 Å². The van der Waals surface area contributed by atoms with Gasteiger partial charge in [0.15, 0.2) is 0 Å². The fraction of sp³-hybridized carbons (Fsp3) is 0.667. The van der Waals surface area contributed by atoms with Crippen LogP contribution in [0.1, 0.15) is 85.0 Å². The highest BCUT2D eigenvalue weighted by Gasteiger charge is 2.45. The van der Waals surface area contributed by atoms with Crippen LogP contribution in [0.15, 0.2) is 24.3 Å². The molecule has 0 unspecified atom stereocenters. The number of Topliss-reactive ketones (excluding diaryl/α,β-unsaturated/α-hetero) is 1. The summed E-state index contributed by atoms with van der Waals surface area (Å²) in [6, 6.07) is 0. The van der Waals surface area contributed by atoms with Gasteiger partial charge in [0.2, 0.25) is 0 Å². The van der Waals surface area contributed by atoms with Crippen molar-refractivity contribution in [1.82, 2.24) is 0 Å². The molecule has 7 heteroatoms. The molecule has 0 bridgehead atoms. The molecule has 7 nitrogen and oxygen atoms in total. The smallest absolute Gasteiger partial charge is 0.390 e. The van der Waals surface area contributed by atoms with Gasteiger partial charge in [0.25, 0.3) is 0 Å². The third kappa shape index (κ3) is 9.49. The third-order valence-electron chi connectivity index (χ3n) is 5.40. The lowest BCUT2D eigenvalue weighted by Gasteiger charge is -2.27. The molecular formula is C24H36O7. The molecule has 0 aromatic carbocycles. The highest BCUT2D eigenvalue weighted by atomic mass is 16.7. The van der Waals surface area contributed by atoms with Crippen LogP contribution in [0.3, 0.4) is 0 Å². The number of carboxylic acids is 1. The number of allylic oxidation sites excluding steroid dienone is 4. The van der Waals surface area contributed by atoms with E-state index in [4.69, 9.17) is 9.47 Å². The lowest BCUT2D eigenvalue weighted by atomic mass is 9.91. The molecule has 0 heterocycles. The van der Waals surface area contributed by atoms with Crippen LogP contribution in [-0.2, 0) is 28.7 Å². The molecule has 0 radical (unpaired) electrons. The first kappa shape index (κ1) is 26.6. The highest BCUT2D eigenvalue weighted by molar-refractivity contribution is 5.84. The molecule has 0 spiro atoms. The van der Waals surface area contributed by atoms with E-state index in [-0.39, 0.29) is 30.5 Å². The normalized spacial score (nSPS) is 19.3. The second-order valence-electron chi connectivity index (χ2n) is 8.04. The predicted molar refractivity (Wildman–Crippen MR) is 116 cm³/mol. The molecule has 174 valence electrons. The molecule has 1 fully saturated rings. The molecule has 0 amide bonds. The summed E-state index contributed by atoms with van der Waals surface area (Å²) >= 11 is 0. The van der Waals surface area contributed by atoms with Gasteiger partial charge in [-0.3, -0.25) is 14.4 Å². The third-order valence-corrected chi connectivity index (χ3v) is 5.40. The van der Waals surface area contributed by atoms with E-state index in [2.05, 4.69) is 19.1 Å². The monoisotopic (exact) mass is 436 g/mol. The first-order valence-corrected chi connectivity index (χ1v) is 11.2. The van der Waals surface area contributed by atoms with Crippen LogP contribution in [-0.4, -0.2) is 34.6 Å². The average molecular weight is 437 g/mol. The molecule has 1 aliphatic rings. The van der Waals surface area contributed by atoms with Crippen molar-refractivity contribution in [2.24, 2.45) is 11.8 Å². The van der Waals surface area contributed by atoms with Crippen LogP contribution in [0.5, 0.6) is 0 Å². The zero-order chi connectivity index (χ0) is 23.3. The second kappa shape index (κ2) is 13.8. The van der Waals surface area contributed by atoms with E-state index in [0.29, 0.717) is 12.8 Å². The molecule has 0 saturated heterocycles. The van der Waals surface area contributed by atoms with E-state index in [0.717, 1.165) is 26.7 Å². The molecular weight excluding hydrogens is 400 g/mol. The van der Waals surface area contributed by atoms with Gasteiger partial charge in [0.05, 0.1) is 0 Å². The van der Waals surface area contributed by atoms with Gasteiger partial charge in [-0.1, -0.05) is 50.5 Å². The van der Waals surface area contributed by atoms with Crippen LogP contribution in [0.4, 0.5) is 0 Å². The number of ketones is 1. The molecule has 2 atom stereocenters. The van der Waals surface area contributed by atoms with E-state index >= 15 is 0 Å². The second-order valence-corrected chi connectivity index (χ2v) is 8.04. The van der Waals surface area contributed by atoms with Gasteiger partial charge in [-0.25, -0.2) is 4.79 Å². The highest BCUT2D eigenvalue weighted by Crippen LogP contribution is 2.33. The van der Waals surface area contributed by atoms with Crippen molar-refractivity contribution in [1.29, 1.82) is 0 Å². The Kier molecular flexibility index (Phi) is 11.8. The first-order valence-electron chi connectivity index (χ1n) is 11.2. The molecule has 0 aliphatic heterocycles. The Morgan fingerprint density at radius 2 is 1.71 bits per heavy atom. The lowest BCUT2D eigenvalue weighted by Crippen LogP contribution is -2.46. The van der Waals surface area contributed by atoms with Crippen molar-refractivity contribution >= 4 is 23.7 Å². The summed E-state index contributed by atoms with van der Waals surface area (Å²) in [6.07, 6.45) is 15.9. The van der Waals surface area contributed by atoms with Crippen LogP contribution in [0.25, 0.3) is 0 Å². The Morgan fingerprint density at radius 1 is 1.03 bits per heavy atom. The number of hydrogen-bond donors (Lipinski definition) is 1. The number of esters is 2. The number of aliphatic carboxylic acids is 1. The maximum Gasteiger partial charge on any atom is 0.390 e. The zero-order valence-electron chi connectivity index (χ0n) is 18.9. The van der Waals surface area contributed by atoms with Gasteiger partial charge in [-0.2, -0.15) is 0 Å². The SMILES string of the molecule is CCCCCC/C=C/[C@H]1CCC(=O)[C@@H]1C/C=C\CCC(OC(C)=O)(OC(C)=O)C(=O)O. The molecule has 1 aliphatic carbocycles. The van der Waals surface area contributed by atoms with Gasteiger partial charge < -0.3 is 14.6 Å². The number of unbranched alkanes of at least 4 members (excludes halogenated alkanes) is 4. The van der Waals surface area contributed by atoms with Gasteiger partial charge in [-0.15, -0.1) is 0 Å². The summed E-state index contributed by atoms with van der Waals surface area (Å²) in [5.74, 6) is -5.15. The molecule has 1 N–H and O–H groups in total. The fourth-order valence-electron chi connectivity index (χ4n) is 3.85. The Morgan fingerprint density at radius 3 is 2.29 bits per heavy atom. The minimum absolute atomic E-state index is 0.0608. The number of carbonyl (C=O) groups is 4. The number of carbonyl (C=O) groups excluding carboxylic acids is 3. The zero-order valence-corrected chi connectivity index (χ0v) is 18.9. The Bertz CT molecular complexity index is 661. The molecule has 1 saturated carbocycles. The van der Waals surface area contributed by atoms with Gasteiger partial charge in [0.1, 0.15) is 5.78 Å². The summed E-state index contributed by atoms with van der Waals surface area (Å²) < 4.78 is 9.65. The molecule has 0 aromatic rings. The van der Waals surface area contributed by atoms with Crippen LogP contribution in [0.2, 0.25) is 0 Å². The quantitative estimate of drug-likeness (QED) is 0.181. The Hall–Kier alpha value is -2.44. The van der Waals surface area contributed by atoms with E-state index in [1.807, 2.05) is 6.08 Å². The summed E-state index contributed by atoms with van der Waals surface area (Å²) in [7, 11) is 0. The lowest BCUT2D eigenvalue weighted by molar-refractivity contribution is -0.236. The maximum absolute atomic E-state index is 12.3. The van der Waals surface area contributed by atoms with Crippen molar-refractivity contribution in [3.63, 3.8) is 0 Å². The van der Waals surface area contributed by atoms with Crippen molar-refractivity contribution in [3.05, 3.63) is 24.3 Å². The minimum atomic E-state index is -2.34. The maximum atomic E-state index is 12.3. The summed E-state index contributed by atoms with van der Waals surface area (Å²) in [4.78, 5) is 46.5. The van der Waals surface area contributed by atoms with Crippen LogP contribution >= 0.6 is 0 Å². The average Bonchev–Trinajstić information content (AvgIpc) is 3.02. The van der Waals surface area contributed by atoms with Gasteiger partial charge >= 0.3 is 23.7 Å². The molecule has 31 heavy (non-hydrogen) atoms. The van der Waals surface area contributed by atoms with Gasteiger partial charge in [-0.05, 0) is 38.0 Å². The summed E-state index contributed by atoms with van der Waals surface area (Å²) in [5.41, 5.74) is 0. The number of rotatable bonds is 14. The van der Waals surface area contributed by atoms with Crippen molar-refractivity contribution < 1.29 is 33.8 Å². The standard InChI is InChI=1S/C24H36O7/c1-4-5-6-7-8-10-13-20-15-16-22(27)21(20)14-11-9-12-17-24(23(28)29,30-18(2)25)31-19(3)26/h9-11,13,20-21H,4-8,12,14-17H2,1-3H3,(H,28,29)/b11-9-,13-10+/t20-,21+/m0/s1. The summed E-state index contributed by atoms with van der Waals surface area (Å²) in [6.45, 7) is 4.30. The topological polar surface area (TPSA) is 107 Å².